The third-order valence-corrected chi connectivity index (χ3v) is 6.47. The average molecular weight is 522 g/mol. The van der Waals surface area contributed by atoms with Crippen LogP contribution in [-0.4, -0.2) is 78.8 Å². The standard InChI is InChI=1S/C28H35N5O5/c1-20(2)16-27(34)33(18-22-6-5-15-38-22)19-28(35)32-13-11-31(12-14-32)26-10-8-23(29-30-26)21-7-9-24(36-3)25(17-21)37-4/h5-10,15,17,20H,11-14,16,18-19H2,1-4H3. The maximum Gasteiger partial charge on any atom is 0.242 e. The van der Waals surface area contributed by atoms with Crippen LogP contribution in [0.1, 0.15) is 26.0 Å². The van der Waals surface area contributed by atoms with E-state index in [2.05, 4.69) is 15.1 Å². The number of hydrogen-bond donors (Lipinski definition) is 0. The van der Waals surface area contributed by atoms with Crippen LogP contribution in [0.3, 0.4) is 0 Å². The molecule has 0 saturated carbocycles. The number of amides is 2. The highest BCUT2D eigenvalue weighted by atomic mass is 16.5. The molecule has 38 heavy (non-hydrogen) atoms. The third-order valence-electron chi connectivity index (χ3n) is 6.47. The Morgan fingerprint density at radius 2 is 1.76 bits per heavy atom. The van der Waals surface area contributed by atoms with Gasteiger partial charge in [0.15, 0.2) is 17.3 Å². The van der Waals surface area contributed by atoms with Crippen molar-refractivity contribution in [2.45, 2.75) is 26.8 Å². The molecule has 1 aliphatic rings. The molecule has 0 unspecified atom stereocenters. The Kier molecular flexibility index (Phi) is 8.83. The Balaban J connectivity index is 1.34. The van der Waals surface area contributed by atoms with E-state index >= 15 is 0 Å². The zero-order valence-electron chi connectivity index (χ0n) is 22.4. The fraction of sp³-hybridized carbons (Fsp3) is 0.429. The molecule has 3 aromatic rings. The first-order chi connectivity index (χ1) is 18.4. The Hall–Kier alpha value is -4.08. The molecule has 10 nitrogen and oxygen atoms in total. The first-order valence-corrected chi connectivity index (χ1v) is 12.8. The van der Waals surface area contributed by atoms with Crippen molar-refractivity contribution < 1.29 is 23.5 Å². The van der Waals surface area contributed by atoms with Crippen LogP contribution in [0.15, 0.2) is 53.1 Å². The van der Waals surface area contributed by atoms with Gasteiger partial charge in [0.25, 0.3) is 0 Å². The Morgan fingerprint density at radius 3 is 2.37 bits per heavy atom. The summed E-state index contributed by atoms with van der Waals surface area (Å²) in [7, 11) is 3.20. The number of rotatable bonds is 10. The fourth-order valence-corrected chi connectivity index (χ4v) is 4.39. The molecule has 10 heteroatoms. The molecule has 2 aromatic heterocycles. The number of anilines is 1. The van der Waals surface area contributed by atoms with E-state index in [1.807, 2.05) is 50.2 Å². The van der Waals surface area contributed by atoms with Gasteiger partial charge >= 0.3 is 0 Å². The smallest absolute Gasteiger partial charge is 0.242 e. The van der Waals surface area contributed by atoms with E-state index in [0.29, 0.717) is 49.9 Å². The minimum Gasteiger partial charge on any atom is -0.493 e. The SMILES string of the molecule is COc1ccc(-c2ccc(N3CCN(C(=O)CN(Cc4ccco4)C(=O)CC(C)C)CC3)nn2)cc1OC. The van der Waals surface area contributed by atoms with Gasteiger partial charge in [-0.2, -0.15) is 0 Å². The molecule has 0 N–H and O–H groups in total. The van der Waals surface area contributed by atoms with Crippen LogP contribution < -0.4 is 14.4 Å². The molecule has 0 bridgehead atoms. The number of aromatic nitrogens is 2. The molecule has 1 fully saturated rings. The van der Waals surface area contributed by atoms with E-state index in [9.17, 15) is 9.59 Å². The number of benzene rings is 1. The van der Waals surface area contributed by atoms with Gasteiger partial charge in [-0.15, -0.1) is 10.2 Å². The van der Waals surface area contributed by atoms with Crippen molar-refractivity contribution in [2.24, 2.45) is 5.92 Å². The van der Waals surface area contributed by atoms with E-state index < -0.39 is 0 Å². The molecule has 1 saturated heterocycles. The highest BCUT2D eigenvalue weighted by Crippen LogP contribution is 2.31. The van der Waals surface area contributed by atoms with Crippen LogP contribution in [0.5, 0.6) is 11.5 Å². The van der Waals surface area contributed by atoms with Gasteiger partial charge in [-0.3, -0.25) is 9.59 Å². The van der Waals surface area contributed by atoms with Gasteiger partial charge in [0.2, 0.25) is 11.8 Å². The van der Waals surface area contributed by atoms with Crippen LogP contribution in [0.25, 0.3) is 11.3 Å². The molecule has 1 aromatic carbocycles. The van der Waals surface area contributed by atoms with Gasteiger partial charge in [-0.25, -0.2) is 0 Å². The summed E-state index contributed by atoms with van der Waals surface area (Å²) >= 11 is 0. The molecule has 0 aliphatic carbocycles. The number of methoxy groups -OCH3 is 2. The normalized spacial score (nSPS) is 13.5. The van der Waals surface area contributed by atoms with Crippen LogP contribution in [0, 0.1) is 5.92 Å². The highest BCUT2D eigenvalue weighted by Gasteiger charge is 2.26. The van der Waals surface area contributed by atoms with Crippen molar-refractivity contribution in [1.82, 2.24) is 20.0 Å². The number of carbonyl (C=O) groups excluding carboxylic acids is 2. The van der Waals surface area contributed by atoms with Gasteiger partial charge < -0.3 is 28.6 Å². The van der Waals surface area contributed by atoms with E-state index in [1.54, 1.807) is 36.3 Å². The summed E-state index contributed by atoms with van der Waals surface area (Å²) in [5.74, 6) is 2.80. The minimum atomic E-state index is -0.0665. The number of furan rings is 1. The lowest BCUT2D eigenvalue weighted by molar-refractivity contribution is -0.141. The second-order valence-corrected chi connectivity index (χ2v) is 9.64. The molecule has 4 rings (SSSR count). The molecule has 2 amide bonds. The lowest BCUT2D eigenvalue weighted by atomic mass is 10.1. The summed E-state index contributed by atoms with van der Waals surface area (Å²) in [5.41, 5.74) is 1.61. The zero-order chi connectivity index (χ0) is 27.1. The van der Waals surface area contributed by atoms with Crippen molar-refractivity contribution in [3.8, 4) is 22.8 Å². The van der Waals surface area contributed by atoms with Gasteiger partial charge in [0.05, 0.1) is 32.7 Å². The monoisotopic (exact) mass is 521 g/mol. The number of nitrogens with zero attached hydrogens (tertiary/aromatic N) is 5. The molecule has 0 spiro atoms. The number of piperazine rings is 1. The summed E-state index contributed by atoms with van der Waals surface area (Å²) in [6, 6.07) is 13.1. The summed E-state index contributed by atoms with van der Waals surface area (Å²) in [6.07, 6.45) is 1.96. The van der Waals surface area contributed by atoms with E-state index in [0.717, 1.165) is 17.1 Å². The number of ether oxygens (including phenoxy) is 2. The minimum absolute atomic E-state index is 0.0338. The first-order valence-electron chi connectivity index (χ1n) is 12.8. The molecule has 3 heterocycles. The van der Waals surface area contributed by atoms with Crippen molar-refractivity contribution in [3.05, 3.63) is 54.5 Å². The fourth-order valence-electron chi connectivity index (χ4n) is 4.39. The molecule has 0 radical (unpaired) electrons. The predicted octanol–water partition coefficient (Wildman–Crippen LogP) is 3.48. The molecule has 0 atom stereocenters. The molecular formula is C28H35N5O5. The summed E-state index contributed by atoms with van der Waals surface area (Å²) in [6.45, 7) is 6.66. The second-order valence-electron chi connectivity index (χ2n) is 9.64. The van der Waals surface area contributed by atoms with Crippen LogP contribution >= 0.6 is 0 Å². The topological polar surface area (TPSA) is 101 Å². The first kappa shape index (κ1) is 27.0. The summed E-state index contributed by atoms with van der Waals surface area (Å²) in [4.78, 5) is 31.4. The number of carbonyl (C=O) groups is 2. The van der Waals surface area contributed by atoms with Gasteiger partial charge in [0, 0.05) is 38.2 Å². The van der Waals surface area contributed by atoms with Crippen molar-refractivity contribution >= 4 is 17.6 Å². The van der Waals surface area contributed by atoms with Gasteiger partial charge in [-0.05, 0) is 48.4 Å². The van der Waals surface area contributed by atoms with E-state index in [-0.39, 0.29) is 30.8 Å². The number of hydrogen-bond acceptors (Lipinski definition) is 8. The molecule has 1 aliphatic heterocycles. The molecule has 202 valence electrons. The van der Waals surface area contributed by atoms with Crippen molar-refractivity contribution in [2.75, 3.05) is 51.8 Å². The Bertz CT molecular complexity index is 1200. The summed E-state index contributed by atoms with van der Waals surface area (Å²) < 4.78 is 16.1. The zero-order valence-corrected chi connectivity index (χ0v) is 22.4. The second kappa shape index (κ2) is 12.4. The Labute approximate surface area is 223 Å². The van der Waals surface area contributed by atoms with E-state index in [1.165, 1.54) is 0 Å². The highest BCUT2D eigenvalue weighted by molar-refractivity contribution is 5.85. The lowest BCUT2D eigenvalue weighted by Crippen LogP contribution is -2.52. The van der Waals surface area contributed by atoms with Crippen LogP contribution in [-0.2, 0) is 16.1 Å². The maximum absolute atomic E-state index is 13.1. The van der Waals surface area contributed by atoms with Crippen molar-refractivity contribution in [3.63, 3.8) is 0 Å². The van der Waals surface area contributed by atoms with Gasteiger partial charge in [-0.1, -0.05) is 13.8 Å². The molecular weight excluding hydrogens is 486 g/mol. The third kappa shape index (κ3) is 6.62. The quantitative estimate of drug-likeness (QED) is 0.400. The Morgan fingerprint density at radius 1 is 1.00 bits per heavy atom. The van der Waals surface area contributed by atoms with Crippen molar-refractivity contribution in [1.29, 1.82) is 0 Å². The lowest BCUT2D eigenvalue weighted by Gasteiger charge is -2.36. The van der Waals surface area contributed by atoms with Crippen LogP contribution in [0.2, 0.25) is 0 Å². The van der Waals surface area contributed by atoms with Gasteiger partial charge in [0.1, 0.15) is 12.3 Å². The average Bonchev–Trinajstić information content (AvgIpc) is 3.45. The van der Waals surface area contributed by atoms with Crippen LogP contribution in [0.4, 0.5) is 5.82 Å². The summed E-state index contributed by atoms with van der Waals surface area (Å²) in [5, 5.41) is 8.83. The maximum atomic E-state index is 13.1. The van der Waals surface area contributed by atoms with E-state index in [4.69, 9.17) is 13.9 Å². The largest absolute Gasteiger partial charge is 0.493 e. The predicted molar refractivity (Wildman–Crippen MR) is 143 cm³/mol.